The van der Waals surface area contributed by atoms with Gasteiger partial charge in [-0.1, -0.05) is 46.3 Å². The number of hydrogen-bond donors (Lipinski definition) is 2. The maximum absolute atomic E-state index is 11.3. The summed E-state index contributed by atoms with van der Waals surface area (Å²) in [6.07, 6.45) is 4.07. The summed E-state index contributed by atoms with van der Waals surface area (Å²) in [4.78, 5) is 11.3. The van der Waals surface area contributed by atoms with Crippen LogP contribution < -0.4 is 0 Å². The van der Waals surface area contributed by atoms with Crippen molar-refractivity contribution in [2.75, 3.05) is 0 Å². The van der Waals surface area contributed by atoms with Gasteiger partial charge in [0.15, 0.2) is 14.1 Å². The second-order valence-electron chi connectivity index (χ2n) is 9.72. The lowest BCUT2D eigenvalue weighted by Crippen LogP contribution is -2.44. The highest BCUT2D eigenvalue weighted by Crippen LogP contribution is 2.38. The van der Waals surface area contributed by atoms with Crippen LogP contribution in [0.2, 0.25) is 18.1 Å². The molecule has 0 bridgehead atoms. The molecule has 0 aromatic rings. The molecule has 4 atom stereocenters. The number of rotatable bonds is 10. The molecule has 1 aliphatic rings. The lowest BCUT2D eigenvalue weighted by Gasteiger charge is -2.38. The van der Waals surface area contributed by atoms with E-state index in [0.717, 1.165) is 6.42 Å². The number of hydrogen-bond acceptors (Lipinski definition) is 5. The smallest absolute Gasteiger partial charge is 0.306 e. The van der Waals surface area contributed by atoms with E-state index in [4.69, 9.17) is 13.9 Å². The highest BCUT2D eigenvalue weighted by Gasteiger charge is 2.42. The van der Waals surface area contributed by atoms with Crippen LogP contribution in [0, 0.1) is 0 Å². The van der Waals surface area contributed by atoms with E-state index in [0.29, 0.717) is 12.8 Å². The van der Waals surface area contributed by atoms with E-state index in [1.54, 1.807) is 6.08 Å². The predicted molar refractivity (Wildman–Crippen MR) is 113 cm³/mol. The number of aliphatic hydroxyl groups excluding tert-OH is 1. The first kappa shape index (κ1) is 25.3. The molecular formula is C21H40O6Si. The summed E-state index contributed by atoms with van der Waals surface area (Å²) in [6.45, 7) is 16.3. The van der Waals surface area contributed by atoms with Crippen molar-refractivity contribution in [2.45, 2.75) is 116 Å². The SMILES string of the molecule is CCC[C@H](O)C[C@@H]1OC(C)(C)O[C@H]1C=C[C@H](CC(=O)O)O[Si](C)(C)C(C)(C)C. The van der Waals surface area contributed by atoms with Crippen LogP contribution in [0.4, 0.5) is 0 Å². The molecule has 7 heteroatoms. The molecular weight excluding hydrogens is 376 g/mol. The van der Waals surface area contributed by atoms with Gasteiger partial charge in [0.05, 0.1) is 24.7 Å². The maximum Gasteiger partial charge on any atom is 0.306 e. The summed E-state index contributed by atoms with van der Waals surface area (Å²) in [5.41, 5.74) is 0. The first-order valence-electron chi connectivity index (χ1n) is 10.3. The molecule has 0 spiro atoms. The van der Waals surface area contributed by atoms with Crippen molar-refractivity contribution in [2.24, 2.45) is 0 Å². The predicted octanol–water partition coefficient (Wildman–Crippen LogP) is 4.48. The Hall–Kier alpha value is -0.733. The highest BCUT2D eigenvalue weighted by atomic mass is 28.4. The maximum atomic E-state index is 11.3. The third kappa shape index (κ3) is 7.95. The monoisotopic (exact) mass is 416 g/mol. The fourth-order valence-electron chi connectivity index (χ4n) is 3.04. The molecule has 0 aromatic heterocycles. The normalized spacial score (nSPS) is 25.2. The molecule has 1 aliphatic heterocycles. The van der Waals surface area contributed by atoms with Crippen LogP contribution in [0.1, 0.15) is 67.2 Å². The number of carboxylic acid groups (broad SMARTS) is 1. The molecule has 2 N–H and O–H groups in total. The van der Waals surface area contributed by atoms with Crippen LogP contribution in [0.25, 0.3) is 0 Å². The Morgan fingerprint density at radius 3 is 2.39 bits per heavy atom. The minimum Gasteiger partial charge on any atom is -0.481 e. The van der Waals surface area contributed by atoms with Crippen molar-refractivity contribution >= 4 is 14.3 Å². The second kappa shape index (κ2) is 9.85. The van der Waals surface area contributed by atoms with Crippen LogP contribution >= 0.6 is 0 Å². The summed E-state index contributed by atoms with van der Waals surface area (Å²) >= 11 is 0. The fourth-order valence-corrected chi connectivity index (χ4v) is 4.31. The minimum atomic E-state index is -2.12. The topological polar surface area (TPSA) is 85.2 Å². The zero-order chi connectivity index (χ0) is 21.8. The first-order chi connectivity index (χ1) is 12.7. The molecule has 1 saturated heterocycles. The number of ether oxygens (including phenoxy) is 2. The van der Waals surface area contributed by atoms with Gasteiger partial charge in [-0.25, -0.2) is 0 Å². The average molecular weight is 417 g/mol. The number of carbonyl (C=O) groups is 1. The van der Waals surface area contributed by atoms with E-state index in [1.807, 2.05) is 26.8 Å². The Bertz CT molecular complexity index is 538. The van der Waals surface area contributed by atoms with Gasteiger partial charge in [0.2, 0.25) is 0 Å². The van der Waals surface area contributed by atoms with E-state index >= 15 is 0 Å². The Morgan fingerprint density at radius 2 is 1.89 bits per heavy atom. The van der Waals surface area contributed by atoms with Gasteiger partial charge in [-0.15, -0.1) is 0 Å². The van der Waals surface area contributed by atoms with Gasteiger partial charge >= 0.3 is 5.97 Å². The van der Waals surface area contributed by atoms with Crippen LogP contribution in [-0.4, -0.2) is 54.7 Å². The molecule has 0 saturated carbocycles. The van der Waals surface area contributed by atoms with Gasteiger partial charge in [0.1, 0.15) is 6.10 Å². The second-order valence-corrected chi connectivity index (χ2v) is 14.5. The van der Waals surface area contributed by atoms with Gasteiger partial charge in [-0.05, 0) is 38.4 Å². The van der Waals surface area contributed by atoms with Gasteiger partial charge in [0.25, 0.3) is 0 Å². The Morgan fingerprint density at radius 1 is 1.29 bits per heavy atom. The summed E-state index contributed by atoms with van der Waals surface area (Å²) in [6, 6.07) is 0. The molecule has 6 nitrogen and oxygen atoms in total. The van der Waals surface area contributed by atoms with Gasteiger partial charge < -0.3 is 24.1 Å². The summed E-state index contributed by atoms with van der Waals surface area (Å²) in [7, 11) is -2.12. The molecule has 0 aliphatic carbocycles. The number of aliphatic hydroxyl groups is 1. The molecule has 0 aromatic carbocycles. The van der Waals surface area contributed by atoms with Crippen LogP contribution in [0.3, 0.4) is 0 Å². The molecule has 0 amide bonds. The van der Waals surface area contributed by atoms with E-state index in [1.165, 1.54) is 0 Å². The fraction of sp³-hybridized carbons (Fsp3) is 0.857. The standard InChI is InChI=1S/C21H40O6Si/c1-9-10-15(22)13-18-17(25-21(5,6)26-18)12-11-16(14-19(23)24)27-28(7,8)20(2,3)4/h11-12,15-18,22H,9-10,13-14H2,1-8H3,(H,23,24)/t15-,16+,17-,18-/m0/s1. The van der Waals surface area contributed by atoms with Crippen molar-refractivity contribution in [3.05, 3.63) is 12.2 Å². The van der Waals surface area contributed by atoms with E-state index < -0.39 is 32.3 Å². The third-order valence-electron chi connectivity index (χ3n) is 5.49. The van der Waals surface area contributed by atoms with Crippen molar-refractivity contribution in [1.82, 2.24) is 0 Å². The largest absolute Gasteiger partial charge is 0.481 e. The molecule has 1 fully saturated rings. The summed E-state index contributed by atoms with van der Waals surface area (Å²) in [5.74, 6) is -1.64. The van der Waals surface area contributed by atoms with Crippen LogP contribution in [-0.2, 0) is 18.7 Å². The molecule has 164 valence electrons. The molecule has 0 radical (unpaired) electrons. The Balaban J connectivity index is 2.93. The molecule has 28 heavy (non-hydrogen) atoms. The Labute approximate surface area is 171 Å². The van der Waals surface area contributed by atoms with Crippen molar-refractivity contribution in [3.8, 4) is 0 Å². The molecule has 1 heterocycles. The van der Waals surface area contributed by atoms with Gasteiger partial charge in [-0.2, -0.15) is 0 Å². The lowest BCUT2D eigenvalue weighted by molar-refractivity contribution is -0.145. The molecule has 0 unspecified atom stereocenters. The van der Waals surface area contributed by atoms with Crippen LogP contribution in [0.15, 0.2) is 12.2 Å². The highest BCUT2D eigenvalue weighted by molar-refractivity contribution is 6.74. The summed E-state index contributed by atoms with van der Waals surface area (Å²) in [5, 5.41) is 19.5. The average Bonchev–Trinajstić information content (AvgIpc) is 2.76. The van der Waals surface area contributed by atoms with Crippen molar-refractivity contribution < 1.29 is 28.9 Å². The van der Waals surface area contributed by atoms with Gasteiger partial charge in [-0.3, -0.25) is 4.79 Å². The lowest BCUT2D eigenvalue weighted by atomic mass is 10.0. The first-order valence-corrected chi connectivity index (χ1v) is 13.2. The van der Waals surface area contributed by atoms with Crippen molar-refractivity contribution in [3.63, 3.8) is 0 Å². The van der Waals surface area contributed by atoms with E-state index in [9.17, 15) is 15.0 Å². The van der Waals surface area contributed by atoms with E-state index in [2.05, 4.69) is 33.9 Å². The molecule has 1 rings (SSSR count). The van der Waals surface area contributed by atoms with E-state index in [-0.39, 0.29) is 23.7 Å². The van der Waals surface area contributed by atoms with Crippen LogP contribution in [0.5, 0.6) is 0 Å². The number of carboxylic acids is 1. The quantitative estimate of drug-likeness (QED) is 0.403. The summed E-state index contributed by atoms with van der Waals surface area (Å²) < 4.78 is 18.3. The van der Waals surface area contributed by atoms with Gasteiger partial charge in [0, 0.05) is 6.42 Å². The van der Waals surface area contributed by atoms with Crippen molar-refractivity contribution in [1.29, 1.82) is 0 Å². The minimum absolute atomic E-state index is 0.0145. The number of aliphatic carboxylic acids is 1. The zero-order valence-corrected chi connectivity index (χ0v) is 19.8. The third-order valence-corrected chi connectivity index (χ3v) is 10.00. The Kier molecular flexibility index (Phi) is 8.90. The zero-order valence-electron chi connectivity index (χ0n) is 18.8.